The largest absolute Gasteiger partial charge is 0.382 e. The smallest absolute Gasteiger partial charge is 0.264 e. The Kier molecular flexibility index (Phi) is 5.52. The maximum Gasteiger partial charge on any atom is 0.264 e. The Balaban J connectivity index is 1.84. The molecule has 1 aromatic rings. The Hall–Kier alpha value is -2.37. The third-order valence-electron chi connectivity index (χ3n) is 3.37. The average Bonchev–Trinajstić information content (AvgIpc) is 3.03. The zero-order valence-electron chi connectivity index (χ0n) is 12.8. The van der Waals surface area contributed by atoms with Crippen LogP contribution in [-0.4, -0.2) is 36.2 Å². The molecular weight excluding hydrogens is 282 g/mol. The van der Waals surface area contributed by atoms with E-state index in [1.165, 1.54) is 0 Å². The fourth-order valence-electron chi connectivity index (χ4n) is 2.09. The van der Waals surface area contributed by atoms with Gasteiger partial charge in [0.15, 0.2) is 0 Å². The maximum absolute atomic E-state index is 12.1. The van der Waals surface area contributed by atoms with Gasteiger partial charge in [-0.1, -0.05) is 42.4 Å². The van der Waals surface area contributed by atoms with E-state index in [1.54, 1.807) is 6.92 Å². The number of hydrogen-bond acceptors (Lipinski definition) is 4. The highest BCUT2D eigenvalue weighted by Gasteiger charge is 2.30. The topological polar surface area (TPSA) is 79.8 Å². The zero-order chi connectivity index (χ0) is 15.9. The van der Waals surface area contributed by atoms with Crippen LogP contribution in [0.15, 0.2) is 35.5 Å². The van der Waals surface area contributed by atoms with E-state index in [0.717, 1.165) is 17.7 Å². The van der Waals surface area contributed by atoms with Crippen molar-refractivity contribution in [1.82, 2.24) is 10.6 Å². The monoisotopic (exact) mass is 303 g/mol. The van der Waals surface area contributed by atoms with Gasteiger partial charge in [0.1, 0.15) is 6.04 Å². The van der Waals surface area contributed by atoms with Crippen LogP contribution in [0.4, 0.5) is 0 Å². The van der Waals surface area contributed by atoms with Gasteiger partial charge in [-0.15, -0.1) is 0 Å². The molecule has 2 unspecified atom stereocenters. The van der Waals surface area contributed by atoms with Crippen molar-refractivity contribution in [2.45, 2.75) is 38.8 Å². The van der Waals surface area contributed by atoms with Gasteiger partial charge in [0, 0.05) is 13.0 Å². The zero-order valence-corrected chi connectivity index (χ0v) is 12.8. The summed E-state index contributed by atoms with van der Waals surface area (Å²) in [6.45, 7) is 4.22. The first-order chi connectivity index (χ1) is 10.6. The number of nitrogens with zero attached hydrogens (tertiary/aromatic N) is 1. The first kappa shape index (κ1) is 16.0. The van der Waals surface area contributed by atoms with Crippen LogP contribution in [0.2, 0.25) is 0 Å². The molecule has 1 aliphatic heterocycles. The molecule has 2 rings (SSSR count). The van der Waals surface area contributed by atoms with Crippen LogP contribution in [-0.2, 0) is 14.4 Å². The Morgan fingerprint density at radius 1 is 1.36 bits per heavy atom. The summed E-state index contributed by atoms with van der Waals surface area (Å²) in [6, 6.07) is 8.98. The van der Waals surface area contributed by atoms with E-state index in [2.05, 4.69) is 15.8 Å². The van der Waals surface area contributed by atoms with Crippen LogP contribution in [0.1, 0.15) is 32.3 Å². The van der Waals surface area contributed by atoms with Crippen LogP contribution in [0.3, 0.4) is 0 Å². The van der Waals surface area contributed by atoms with Gasteiger partial charge >= 0.3 is 0 Å². The third kappa shape index (κ3) is 4.07. The number of amides is 2. The summed E-state index contributed by atoms with van der Waals surface area (Å²) in [7, 11) is 0. The quantitative estimate of drug-likeness (QED) is 0.829. The molecule has 0 bridgehead atoms. The summed E-state index contributed by atoms with van der Waals surface area (Å²) >= 11 is 0. The van der Waals surface area contributed by atoms with Crippen molar-refractivity contribution < 1.29 is 14.4 Å². The lowest BCUT2D eigenvalue weighted by molar-refractivity contribution is -0.135. The van der Waals surface area contributed by atoms with Gasteiger partial charge < -0.3 is 15.5 Å². The van der Waals surface area contributed by atoms with Crippen molar-refractivity contribution in [2.24, 2.45) is 5.16 Å². The highest BCUT2D eigenvalue weighted by atomic mass is 16.6. The first-order valence-electron chi connectivity index (χ1n) is 7.48. The van der Waals surface area contributed by atoms with Gasteiger partial charge in [0.05, 0.1) is 5.71 Å². The van der Waals surface area contributed by atoms with Crippen molar-refractivity contribution in [3.63, 3.8) is 0 Å². The second kappa shape index (κ2) is 7.59. The molecule has 2 atom stereocenters. The summed E-state index contributed by atoms with van der Waals surface area (Å²) in [5, 5.41) is 9.36. The number of hydrogen-bond donors (Lipinski definition) is 2. The molecule has 1 aliphatic rings. The van der Waals surface area contributed by atoms with Crippen LogP contribution in [0.5, 0.6) is 0 Å². The van der Waals surface area contributed by atoms with Crippen molar-refractivity contribution in [2.75, 3.05) is 6.54 Å². The molecule has 118 valence electrons. The van der Waals surface area contributed by atoms with Crippen LogP contribution < -0.4 is 10.6 Å². The summed E-state index contributed by atoms with van der Waals surface area (Å²) in [5.41, 5.74) is 1.68. The minimum atomic E-state index is -0.684. The Morgan fingerprint density at radius 2 is 2.09 bits per heavy atom. The van der Waals surface area contributed by atoms with Gasteiger partial charge in [-0.25, -0.2) is 0 Å². The third-order valence-corrected chi connectivity index (χ3v) is 3.37. The van der Waals surface area contributed by atoms with Gasteiger partial charge in [-0.2, -0.15) is 0 Å². The number of rotatable bonds is 6. The number of benzene rings is 1. The lowest BCUT2D eigenvalue weighted by atomic mass is 10.0. The second-order valence-corrected chi connectivity index (χ2v) is 5.22. The first-order valence-corrected chi connectivity index (χ1v) is 7.48. The van der Waals surface area contributed by atoms with Gasteiger partial charge in [0.2, 0.25) is 12.0 Å². The lowest BCUT2D eigenvalue weighted by Gasteiger charge is -2.15. The molecule has 0 saturated heterocycles. The van der Waals surface area contributed by atoms with Gasteiger partial charge in [0.25, 0.3) is 5.91 Å². The fourth-order valence-corrected chi connectivity index (χ4v) is 2.09. The summed E-state index contributed by atoms with van der Waals surface area (Å²) in [4.78, 5) is 29.1. The lowest BCUT2D eigenvalue weighted by Crippen LogP contribution is -2.48. The summed E-state index contributed by atoms with van der Waals surface area (Å²) in [6.07, 6.45) is 0.572. The SMILES string of the molecule is CCCNC(=O)C(C)NC(=O)C1CC(c2ccccc2)=NO1. The minimum absolute atomic E-state index is 0.197. The number of carbonyl (C=O) groups is 2. The molecule has 22 heavy (non-hydrogen) atoms. The predicted octanol–water partition coefficient (Wildman–Crippen LogP) is 1.21. The maximum atomic E-state index is 12.1. The standard InChI is InChI=1S/C16H21N3O3/c1-3-9-17-15(20)11(2)18-16(21)14-10-13(19-22-14)12-7-5-4-6-8-12/h4-8,11,14H,3,9-10H2,1-2H3,(H,17,20)(H,18,21). The molecule has 0 fully saturated rings. The number of nitrogens with one attached hydrogen (secondary N) is 2. The van der Waals surface area contributed by atoms with E-state index >= 15 is 0 Å². The molecular formula is C16H21N3O3. The molecule has 0 aliphatic carbocycles. The number of oxime groups is 1. The molecule has 0 saturated carbocycles. The van der Waals surface area contributed by atoms with E-state index in [1.807, 2.05) is 37.3 Å². The molecule has 1 heterocycles. The molecule has 2 N–H and O–H groups in total. The molecule has 0 spiro atoms. The van der Waals surface area contributed by atoms with Crippen LogP contribution in [0, 0.1) is 0 Å². The minimum Gasteiger partial charge on any atom is -0.382 e. The van der Waals surface area contributed by atoms with Crippen molar-refractivity contribution in [1.29, 1.82) is 0 Å². The molecule has 2 amide bonds. The van der Waals surface area contributed by atoms with E-state index in [0.29, 0.717) is 13.0 Å². The number of carbonyl (C=O) groups excluding carboxylic acids is 2. The summed E-state index contributed by atoms with van der Waals surface area (Å²) in [5.74, 6) is -0.522. The van der Waals surface area contributed by atoms with E-state index in [9.17, 15) is 9.59 Å². The second-order valence-electron chi connectivity index (χ2n) is 5.22. The summed E-state index contributed by atoms with van der Waals surface area (Å²) < 4.78 is 0. The van der Waals surface area contributed by atoms with Crippen molar-refractivity contribution >= 4 is 17.5 Å². The molecule has 1 aromatic carbocycles. The Morgan fingerprint density at radius 3 is 2.77 bits per heavy atom. The average molecular weight is 303 g/mol. The normalized spacial score (nSPS) is 18.1. The van der Waals surface area contributed by atoms with Crippen molar-refractivity contribution in [3.8, 4) is 0 Å². The highest BCUT2D eigenvalue weighted by Crippen LogP contribution is 2.16. The fraction of sp³-hybridized carbons (Fsp3) is 0.438. The van der Waals surface area contributed by atoms with E-state index < -0.39 is 12.1 Å². The van der Waals surface area contributed by atoms with Crippen LogP contribution in [0.25, 0.3) is 0 Å². The molecule has 0 radical (unpaired) electrons. The Bertz CT molecular complexity index is 557. The van der Waals surface area contributed by atoms with E-state index in [4.69, 9.17) is 4.84 Å². The van der Waals surface area contributed by atoms with E-state index in [-0.39, 0.29) is 11.8 Å². The molecule has 6 heteroatoms. The van der Waals surface area contributed by atoms with Crippen molar-refractivity contribution in [3.05, 3.63) is 35.9 Å². The predicted molar refractivity (Wildman–Crippen MR) is 83.4 cm³/mol. The van der Waals surface area contributed by atoms with Gasteiger partial charge in [-0.05, 0) is 18.9 Å². The molecule has 0 aromatic heterocycles. The van der Waals surface area contributed by atoms with Crippen LogP contribution >= 0.6 is 0 Å². The Labute approximate surface area is 129 Å². The van der Waals surface area contributed by atoms with Gasteiger partial charge in [-0.3, -0.25) is 9.59 Å². The highest BCUT2D eigenvalue weighted by molar-refractivity contribution is 6.04. The molecule has 6 nitrogen and oxygen atoms in total.